The minimum absolute atomic E-state index is 0. The van der Waals surface area contributed by atoms with Crippen LogP contribution in [0.4, 0.5) is 0 Å². The van der Waals surface area contributed by atoms with Crippen LogP contribution in [0.1, 0.15) is 26.2 Å². The van der Waals surface area contributed by atoms with Gasteiger partial charge in [-0.05, 0) is 37.8 Å². The highest BCUT2D eigenvalue weighted by Crippen LogP contribution is 2.44. The molecule has 0 bridgehead atoms. The number of hydrogen-bond donors (Lipinski definition) is 1. The second kappa shape index (κ2) is 7.40. The van der Waals surface area contributed by atoms with Crippen molar-refractivity contribution in [3.8, 4) is 0 Å². The Hall–Kier alpha value is 0.120. The average Bonchev–Trinajstić information content (AvgIpc) is 2.71. The van der Waals surface area contributed by atoms with Gasteiger partial charge in [-0.15, -0.1) is 12.4 Å². The highest BCUT2D eigenvalue weighted by atomic mass is 35.5. The van der Waals surface area contributed by atoms with Gasteiger partial charge in [-0.1, -0.05) is 6.92 Å². The zero-order chi connectivity index (χ0) is 13.9. The Labute approximate surface area is 128 Å². The summed E-state index contributed by atoms with van der Waals surface area (Å²) in [5.41, 5.74) is 0.127. The molecular formula is C13H27ClN2O3S. The molecule has 2 rings (SSSR count). The molecule has 0 amide bonds. The number of piperidine rings is 1. The SMILES string of the molecule is CCCS(=O)(=O)N1CC(COC)C2(CCNCC2)C1.Cl. The van der Waals surface area contributed by atoms with Gasteiger partial charge in [0.25, 0.3) is 0 Å². The Morgan fingerprint density at radius 1 is 1.35 bits per heavy atom. The van der Waals surface area contributed by atoms with Crippen LogP contribution in [0.5, 0.6) is 0 Å². The smallest absolute Gasteiger partial charge is 0.214 e. The van der Waals surface area contributed by atoms with Crippen molar-refractivity contribution in [1.29, 1.82) is 0 Å². The van der Waals surface area contributed by atoms with Crippen LogP contribution in [0.3, 0.4) is 0 Å². The van der Waals surface area contributed by atoms with Crippen molar-refractivity contribution in [1.82, 2.24) is 9.62 Å². The standard InChI is InChI=1S/C13H26N2O3S.ClH/c1-3-8-19(16,17)15-9-12(10-18-2)13(11-15)4-6-14-7-5-13;/h12,14H,3-11H2,1-2H3;1H. The molecule has 2 saturated heterocycles. The molecule has 20 heavy (non-hydrogen) atoms. The van der Waals surface area contributed by atoms with Gasteiger partial charge in [0.2, 0.25) is 10.0 Å². The predicted octanol–water partition coefficient (Wildman–Crippen LogP) is 1.10. The molecule has 0 aliphatic carbocycles. The van der Waals surface area contributed by atoms with Crippen LogP contribution in [0.15, 0.2) is 0 Å². The maximum atomic E-state index is 12.3. The van der Waals surface area contributed by atoms with E-state index in [1.807, 2.05) is 6.92 Å². The minimum Gasteiger partial charge on any atom is -0.384 e. The molecular weight excluding hydrogens is 300 g/mol. The Morgan fingerprint density at radius 3 is 2.55 bits per heavy atom. The molecule has 2 fully saturated rings. The molecule has 120 valence electrons. The third kappa shape index (κ3) is 3.65. The molecule has 2 aliphatic rings. The van der Waals surface area contributed by atoms with Crippen LogP contribution >= 0.6 is 12.4 Å². The Kier molecular flexibility index (Phi) is 6.73. The summed E-state index contributed by atoms with van der Waals surface area (Å²) in [7, 11) is -1.37. The average molecular weight is 327 g/mol. The molecule has 0 radical (unpaired) electrons. The molecule has 0 aromatic heterocycles. The van der Waals surface area contributed by atoms with E-state index in [2.05, 4.69) is 5.32 Å². The van der Waals surface area contributed by atoms with E-state index in [1.54, 1.807) is 11.4 Å². The number of ether oxygens (including phenoxy) is 1. The van der Waals surface area contributed by atoms with E-state index in [-0.39, 0.29) is 23.6 Å². The number of halogens is 1. The van der Waals surface area contributed by atoms with Gasteiger partial charge in [-0.2, -0.15) is 0 Å². The first-order chi connectivity index (χ1) is 9.04. The first kappa shape index (κ1) is 18.2. The first-order valence-corrected chi connectivity index (χ1v) is 8.82. The lowest BCUT2D eigenvalue weighted by molar-refractivity contribution is 0.0718. The molecule has 1 N–H and O–H groups in total. The first-order valence-electron chi connectivity index (χ1n) is 7.21. The molecule has 1 spiro atoms. The maximum Gasteiger partial charge on any atom is 0.214 e. The highest BCUT2D eigenvalue weighted by molar-refractivity contribution is 7.89. The van der Waals surface area contributed by atoms with Crippen LogP contribution in [-0.4, -0.2) is 58.4 Å². The molecule has 1 unspecified atom stereocenters. The molecule has 0 aromatic rings. The third-order valence-corrected chi connectivity index (χ3v) is 6.59. The number of rotatable bonds is 5. The van der Waals surface area contributed by atoms with E-state index in [0.717, 1.165) is 25.9 Å². The third-order valence-electron chi connectivity index (χ3n) is 4.60. The van der Waals surface area contributed by atoms with Crippen LogP contribution in [0.25, 0.3) is 0 Å². The second-order valence-corrected chi connectivity index (χ2v) is 7.96. The normalized spacial score (nSPS) is 26.6. The number of nitrogens with one attached hydrogen (secondary N) is 1. The monoisotopic (exact) mass is 326 g/mol. The van der Waals surface area contributed by atoms with E-state index < -0.39 is 10.0 Å². The van der Waals surface area contributed by atoms with Crippen molar-refractivity contribution in [3.05, 3.63) is 0 Å². The van der Waals surface area contributed by atoms with E-state index >= 15 is 0 Å². The molecule has 5 nitrogen and oxygen atoms in total. The fraction of sp³-hybridized carbons (Fsp3) is 1.00. The van der Waals surface area contributed by atoms with Gasteiger partial charge in [-0.3, -0.25) is 0 Å². The molecule has 0 aromatic carbocycles. The van der Waals surface area contributed by atoms with E-state index in [4.69, 9.17) is 4.74 Å². The van der Waals surface area contributed by atoms with Gasteiger partial charge in [-0.25, -0.2) is 12.7 Å². The zero-order valence-electron chi connectivity index (χ0n) is 12.4. The lowest BCUT2D eigenvalue weighted by Crippen LogP contribution is -2.43. The molecule has 2 heterocycles. The summed E-state index contributed by atoms with van der Waals surface area (Å²) in [5, 5.41) is 3.37. The zero-order valence-corrected chi connectivity index (χ0v) is 14.1. The fourth-order valence-corrected chi connectivity index (χ4v) is 5.14. The van der Waals surface area contributed by atoms with E-state index in [1.165, 1.54) is 0 Å². The molecule has 0 saturated carbocycles. The summed E-state index contributed by atoms with van der Waals surface area (Å²) in [6.07, 6.45) is 2.79. The predicted molar refractivity (Wildman–Crippen MR) is 82.8 cm³/mol. The van der Waals surface area contributed by atoms with Crippen molar-refractivity contribution >= 4 is 22.4 Å². The highest BCUT2D eigenvalue weighted by Gasteiger charge is 2.49. The topological polar surface area (TPSA) is 58.6 Å². The minimum atomic E-state index is -3.08. The van der Waals surface area contributed by atoms with Crippen molar-refractivity contribution in [2.24, 2.45) is 11.3 Å². The van der Waals surface area contributed by atoms with Crippen LogP contribution in [0, 0.1) is 11.3 Å². The fourth-order valence-electron chi connectivity index (χ4n) is 3.50. The van der Waals surface area contributed by atoms with Crippen LogP contribution in [0.2, 0.25) is 0 Å². The summed E-state index contributed by atoms with van der Waals surface area (Å²) < 4.78 is 31.6. The number of methoxy groups -OCH3 is 1. The van der Waals surface area contributed by atoms with Crippen molar-refractivity contribution in [3.63, 3.8) is 0 Å². The quantitative estimate of drug-likeness (QED) is 0.822. The lowest BCUT2D eigenvalue weighted by atomic mass is 9.71. The van der Waals surface area contributed by atoms with Crippen molar-refractivity contribution < 1.29 is 13.2 Å². The Morgan fingerprint density at radius 2 is 2.00 bits per heavy atom. The van der Waals surface area contributed by atoms with Gasteiger partial charge >= 0.3 is 0 Å². The van der Waals surface area contributed by atoms with Gasteiger partial charge < -0.3 is 10.1 Å². The summed E-state index contributed by atoms with van der Waals surface area (Å²) in [6, 6.07) is 0. The van der Waals surface area contributed by atoms with Gasteiger partial charge in [0.1, 0.15) is 0 Å². The number of nitrogens with zero attached hydrogens (tertiary/aromatic N) is 1. The van der Waals surface area contributed by atoms with E-state index in [0.29, 0.717) is 32.0 Å². The summed E-state index contributed by atoms with van der Waals surface area (Å²) in [4.78, 5) is 0. The van der Waals surface area contributed by atoms with Gasteiger partial charge in [0.15, 0.2) is 0 Å². The van der Waals surface area contributed by atoms with Gasteiger partial charge in [0.05, 0.1) is 12.4 Å². The Balaban J connectivity index is 0.00000200. The number of hydrogen-bond acceptors (Lipinski definition) is 4. The largest absolute Gasteiger partial charge is 0.384 e. The summed E-state index contributed by atoms with van der Waals surface area (Å²) in [5.74, 6) is 0.604. The van der Waals surface area contributed by atoms with Crippen molar-refractivity contribution in [2.45, 2.75) is 26.2 Å². The summed E-state index contributed by atoms with van der Waals surface area (Å²) in [6.45, 7) is 5.88. The lowest BCUT2D eigenvalue weighted by Gasteiger charge is -2.38. The summed E-state index contributed by atoms with van der Waals surface area (Å²) >= 11 is 0. The molecule has 1 atom stereocenters. The van der Waals surface area contributed by atoms with Crippen LogP contribution < -0.4 is 5.32 Å². The second-order valence-electron chi connectivity index (χ2n) is 5.87. The van der Waals surface area contributed by atoms with Crippen LogP contribution in [-0.2, 0) is 14.8 Å². The van der Waals surface area contributed by atoms with Crippen molar-refractivity contribution in [2.75, 3.05) is 45.6 Å². The maximum absolute atomic E-state index is 12.3. The molecule has 2 aliphatic heterocycles. The Bertz CT molecular complexity index is 396. The number of sulfonamides is 1. The van der Waals surface area contributed by atoms with Gasteiger partial charge in [0, 0.05) is 26.1 Å². The van der Waals surface area contributed by atoms with E-state index in [9.17, 15) is 8.42 Å². The molecule has 7 heteroatoms.